The van der Waals surface area contributed by atoms with Crippen molar-refractivity contribution in [2.75, 3.05) is 0 Å². The van der Waals surface area contributed by atoms with Gasteiger partial charge in [0.15, 0.2) is 0 Å². The molecule has 0 saturated carbocycles. The number of fused-ring (bicyclic) bond motifs is 2. The molecule has 0 spiro atoms. The third kappa shape index (κ3) is 1.75. The normalized spacial score (nSPS) is 11.2. The number of aryl methyl sites for hydroxylation is 1. The first-order valence-electron chi connectivity index (χ1n) is 6.27. The van der Waals surface area contributed by atoms with Crippen molar-refractivity contribution in [3.8, 4) is 0 Å². The summed E-state index contributed by atoms with van der Waals surface area (Å²) < 4.78 is 0. The highest BCUT2D eigenvalue weighted by Crippen LogP contribution is 2.31. The lowest BCUT2D eigenvalue weighted by Crippen LogP contribution is -1.91. The van der Waals surface area contributed by atoms with Gasteiger partial charge in [-0.3, -0.25) is 0 Å². The number of aromatic nitrogens is 1. The predicted octanol–water partition coefficient (Wildman–Crippen LogP) is 4.99. The van der Waals surface area contributed by atoms with Crippen LogP contribution in [0.25, 0.3) is 21.8 Å². The fourth-order valence-corrected chi connectivity index (χ4v) is 2.71. The molecule has 1 nitrogen and oxygen atoms in total. The molecule has 2 heteroatoms. The Kier molecular flexibility index (Phi) is 2.92. The van der Waals surface area contributed by atoms with E-state index in [1.54, 1.807) is 0 Å². The van der Waals surface area contributed by atoms with Crippen molar-refractivity contribution >= 4 is 33.4 Å². The highest BCUT2D eigenvalue weighted by molar-refractivity contribution is 6.40. The second-order valence-corrected chi connectivity index (χ2v) is 4.88. The van der Waals surface area contributed by atoms with Gasteiger partial charge in [0.1, 0.15) is 0 Å². The van der Waals surface area contributed by atoms with Crippen molar-refractivity contribution in [1.82, 2.24) is 4.98 Å². The van der Waals surface area contributed by atoms with Gasteiger partial charge in [0, 0.05) is 10.8 Å². The number of halogens is 1. The van der Waals surface area contributed by atoms with Gasteiger partial charge in [-0.2, -0.15) is 0 Å². The molecule has 0 saturated heterocycles. The Balaban J connectivity index is 2.43. The van der Waals surface area contributed by atoms with Gasteiger partial charge in [0.25, 0.3) is 0 Å². The molecule has 0 aliphatic carbocycles. The molecule has 0 N–H and O–H groups in total. The van der Waals surface area contributed by atoms with Crippen LogP contribution in [0.4, 0.5) is 0 Å². The SMILES string of the molecule is CCCc1cccc2c(Cl)c3ccccc3nc12. The predicted molar refractivity (Wildman–Crippen MR) is 78.3 cm³/mol. The van der Waals surface area contributed by atoms with E-state index in [-0.39, 0.29) is 0 Å². The minimum Gasteiger partial charge on any atom is -0.247 e. The number of para-hydroxylation sites is 2. The minimum atomic E-state index is 0.813. The summed E-state index contributed by atoms with van der Waals surface area (Å²) in [6.45, 7) is 2.18. The summed E-state index contributed by atoms with van der Waals surface area (Å²) in [5, 5.41) is 2.90. The Morgan fingerprint density at radius 3 is 2.61 bits per heavy atom. The van der Waals surface area contributed by atoms with Gasteiger partial charge in [-0.15, -0.1) is 0 Å². The van der Waals surface area contributed by atoms with E-state index < -0.39 is 0 Å². The monoisotopic (exact) mass is 255 g/mol. The molecule has 0 aliphatic rings. The molecule has 0 radical (unpaired) electrons. The Morgan fingerprint density at radius 1 is 1.00 bits per heavy atom. The van der Waals surface area contributed by atoms with Gasteiger partial charge in [-0.25, -0.2) is 4.98 Å². The van der Waals surface area contributed by atoms with Crippen molar-refractivity contribution in [2.24, 2.45) is 0 Å². The summed E-state index contributed by atoms with van der Waals surface area (Å²) >= 11 is 6.51. The zero-order valence-corrected chi connectivity index (χ0v) is 11.0. The van der Waals surface area contributed by atoms with Crippen LogP contribution < -0.4 is 0 Å². The molecule has 0 unspecified atom stereocenters. The zero-order chi connectivity index (χ0) is 12.5. The van der Waals surface area contributed by atoms with Crippen LogP contribution in [-0.2, 0) is 6.42 Å². The molecule has 2 aromatic carbocycles. The topological polar surface area (TPSA) is 12.9 Å². The number of hydrogen-bond donors (Lipinski definition) is 0. The van der Waals surface area contributed by atoms with E-state index >= 15 is 0 Å². The maximum absolute atomic E-state index is 6.51. The average Bonchev–Trinajstić information content (AvgIpc) is 2.40. The van der Waals surface area contributed by atoms with Gasteiger partial charge in [-0.1, -0.05) is 61.3 Å². The number of hydrogen-bond acceptors (Lipinski definition) is 1. The van der Waals surface area contributed by atoms with Crippen LogP contribution in [-0.4, -0.2) is 4.98 Å². The molecule has 90 valence electrons. The molecule has 3 rings (SSSR count). The Bertz CT molecular complexity index is 719. The van der Waals surface area contributed by atoms with Crippen molar-refractivity contribution in [2.45, 2.75) is 19.8 Å². The van der Waals surface area contributed by atoms with E-state index in [0.29, 0.717) is 0 Å². The van der Waals surface area contributed by atoms with E-state index in [9.17, 15) is 0 Å². The van der Waals surface area contributed by atoms with E-state index in [1.165, 1.54) is 5.56 Å². The van der Waals surface area contributed by atoms with Crippen LogP contribution in [0.3, 0.4) is 0 Å². The van der Waals surface area contributed by atoms with Crippen molar-refractivity contribution in [1.29, 1.82) is 0 Å². The summed E-state index contributed by atoms with van der Waals surface area (Å²) in [6.07, 6.45) is 2.16. The molecule has 18 heavy (non-hydrogen) atoms. The fraction of sp³-hybridized carbons (Fsp3) is 0.188. The summed E-state index contributed by atoms with van der Waals surface area (Å²) in [6, 6.07) is 14.3. The van der Waals surface area contributed by atoms with E-state index in [4.69, 9.17) is 16.6 Å². The molecule has 1 aromatic heterocycles. The van der Waals surface area contributed by atoms with Crippen LogP contribution in [0.5, 0.6) is 0 Å². The standard InChI is InChI=1S/C16H14ClN/c1-2-6-11-7-5-9-13-15(17)12-8-3-4-10-14(12)18-16(11)13/h3-5,7-10H,2,6H2,1H3. The molecule has 0 aliphatic heterocycles. The van der Waals surface area contributed by atoms with Gasteiger partial charge < -0.3 is 0 Å². The Labute approximate surface area is 111 Å². The zero-order valence-electron chi connectivity index (χ0n) is 10.3. The van der Waals surface area contributed by atoms with E-state index in [0.717, 1.165) is 39.7 Å². The van der Waals surface area contributed by atoms with Crippen molar-refractivity contribution in [3.05, 3.63) is 53.1 Å². The Morgan fingerprint density at radius 2 is 1.78 bits per heavy atom. The van der Waals surface area contributed by atoms with Gasteiger partial charge in [0.2, 0.25) is 0 Å². The number of rotatable bonds is 2. The minimum absolute atomic E-state index is 0.813. The van der Waals surface area contributed by atoms with Crippen LogP contribution >= 0.6 is 11.6 Å². The molecule has 0 amide bonds. The number of nitrogens with zero attached hydrogens (tertiary/aromatic N) is 1. The first-order valence-corrected chi connectivity index (χ1v) is 6.65. The van der Waals surface area contributed by atoms with Crippen LogP contribution in [0, 0.1) is 0 Å². The van der Waals surface area contributed by atoms with Gasteiger partial charge >= 0.3 is 0 Å². The molecule has 1 heterocycles. The lowest BCUT2D eigenvalue weighted by atomic mass is 10.0. The summed E-state index contributed by atoms with van der Waals surface area (Å²) in [7, 11) is 0. The van der Waals surface area contributed by atoms with Crippen molar-refractivity contribution < 1.29 is 0 Å². The Hall–Kier alpha value is -1.60. The smallest absolute Gasteiger partial charge is 0.0756 e. The highest BCUT2D eigenvalue weighted by atomic mass is 35.5. The maximum atomic E-state index is 6.51. The largest absolute Gasteiger partial charge is 0.247 e. The van der Waals surface area contributed by atoms with Crippen molar-refractivity contribution in [3.63, 3.8) is 0 Å². The third-order valence-electron chi connectivity index (χ3n) is 3.25. The van der Waals surface area contributed by atoms with Crippen LogP contribution in [0.15, 0.2) is 42.5 Å². The van der Waals surface area contributed by atoms with E-state index in [1.807, 2.05) is 24.3 Å². The molecule has 3 aromatic rings. The van der Waals surface area contributed by atoms with Crippen LogP contribution in [0.1, 0.15) is 18.9 Å². The first-order chi connectivity index (χ1) is 8.81. The number of pyridine rings is 1. The third-order valence-corrected chi connectivity index (χ3v) is 3.66. The summed E-state index contributed by atoms with van der Waals surface area (Å²) in [5.41, 5.74) is 3.30. The van der Waals surface area contributed by atoms with Gasteiger partial charge in [0.05, 0.1) is 16.1 Å². The summed E-state index contributed by atoms with van der Waals surface area (Å²) in [4.78, 5) is 4.77. The highest BCUT2D eigenvalue weighted by Gasteiger charge is 2.09. The summed E-state index contributed by atoms with van der Waals surface area (Å²) in [5.74, 6) is 0. The second kappa shape index (κ2) is 4.58. The van der Waals surface area contributed by atoms with E-state index in [2.05, 4.69) is 25.1 Å². The molecule has 0 bridgehead atoms. The fourth-order valence-electron chi connectivity index (χ4n) is 2.39. The molecular weight excluding hydrogens is 242 g/mol. The molecular formula is C16H14ClN. The average molecular weight is 256 g/mol. The quantitative estimate of drug-likeness (QED) is 0.588. The second-order valence-electron chi connectivity index (χ2n) is 4.51. The van der Waals surface area contributed by atoms with Crippen LogP contribution in [0.2, 0.25) is 5.02 Å². The number of benzene rings is 2. The molecule has 0 atom stereocenters. The first kappa shape index (κ1) is 11.5. The lowest BCUT2D eigenvalue weighted by Gasteiger charge is -2.08. The maximum Gasteiger partial charge on any atom is 0.0756 e. The lowest BCUT2D eigenvalue weighted by molar-refractivity contribution is 0.927. The van der Waals surface area contributed by atoms with Gasteiger partial charge in [-0.05, 0) is 18.1 Å². The molecule has 0 fully saturated rings.